The van der Waals surface area contributed by atoms with Crippen LogP contribution in [-0.2, 0) is 0 Å². The highest BCUT2D eigenvalue weighted by Gasteiger charge is 2.14. The van der Waals surface area contributed by atoms with E-state index in [0.29, 0.717) is 10.3 Å². The van der Waals surface area contributed by atoms with Crippen LogP contribution in [0.5, 0.6) is 11.6 Å². The van der Waals surface area contributed by atoms with Crippen LogP contribution in [0.25, 0.3) is 0 Å². The number of halogens is 2. The fraction of sp³-hybridized carbons (Fsp3) is 0.0833. The van der Waals surface area contributed by atoms with Crippen LogP contribution in [0.2, 0.25) is 0 Å². The van der Waals surface area contributed by atoms with Crippen molar-refractivity contribution in [1.82, 2.24) is 9.97 Å². The minimum atomic E-state index is -0.640. The molecule has 0 saturated heterocycles. The highest BCUT2D eigenvalue weighted by atomic mass is 79.9. The molecule has 0 atom stereocenters. The quantitative estimate of drug-likeness (QED) is 0.940. The van der Waals surface area contributed by atoms with Crippen molar-refractivity contribution in [3.63, 3.8) is 0 Å². The van der Waals surface area contributed by atoms with Crippen molar-refractivity contribution in [2.24, 2.45) is 0 Å². The average molecular weight is 323 g/mol. The van der Waals surface area contributed by atoms with Crippen molar-refractivity contribution in [3.8, 4) is 17.7 Å². The summed E-state index contributed by atoms with van der Waals surface area (Å²) in [7, 11) is 1.69. The summed E-state index contributed by atoms with van der Waals surface area (Å²) in [5.41, 5.74) is -0.168. The molecule has 0 aliphatic rings. The van der Waals surface area contributed by atoms with Crippen molar-refractivity contribution in [2.75, 3.05) is 12.4 Å². The first-order valence-electron chi connectivity index (χ1n) is 5.22. The fourth-order valence-electron chi connectivity index (χ4n) is 1.40. The fourth-order valence-corrected chi connectivity index (χ4v) is 1.89. The molecule has 0 amide bonds. The second-order valence-electron chi connectivity index (χ2n) is 3.42. The van der Waals surface area contributed by atoms with Crippen LogP contribution in [-0.4, -0.2) is 17.0 Å². The maximum absolute atomic E-state index is 13.4. The topological polar surface area (TPSA) is 70.8 Å². The molecule has 1 aromatic heterocycles. The van der Waals surface area contributed by atoms with Crippen molar-refractivity contribution >= 4 is 21.7 Å². The highest BCUT2D eigenvalue weighted by Crippen LogP contribution is 2.33. The van der Waals surface area contributed by atoms with Crippen LogP contribution in [0.4, 0.5) is 10.2 Å². The van der Waals surface area contributed by atoms with Gasteiger partial charge in [-0.05, 0) is 28.1 Å². The van der Waals surface area contributed by atoms with E-state index in [4.69, 9.17) is 10.00 Å². The van der Waals surface area contributed by atoms with Crippen LogP contribution in [0.1, 0.15) is 5.56 Å². The molecular formula is C12H8BrFN4O. The van der Waals surface area contributed by atoms with Crippen molar-refractivity contribution < 1.29 is 9.13 Å². The van der Waals surface area contributed by atoms with Gasteiger partial charge in [0, 0.05) is 7.05 Å². The lowest BCUT2D eigenvalue weighted by atomic mass is 10.2. The molecule has 0 aliphatic heterocycles. The minimum absolute atomic E-state index is 0.101. The smallest absolute Gasteiger partial charge is 0.238 e. The summed E-state index contributed by atoms with van der Waals surface area (Å²) in [6.07, 6.45) is 1.30. The number of hydrogen-bond donors (Lipinski definition) is 1. The van der Waals surface area contributed by atoms with Gasteiger partial charge >= 0.3 is 0 Å². The normalized spacial score (nSPS) is 9.79. The van der Waals surface area contributed by atoms with Crippen LogP contribution < -0.4 is 10.1 Å². The van der Waals surface area contributed by atoms with E-state index in [2.05, 4.69) is 31.2 Å². The second kappa shape index (κ2) is 5.63. The Bertz CT molecular complexity index is 657. The van der Waals surface area contributed by atoms with Crippen LogP contribution in [0.3, 0.4) is 0 Å². The predicted molar refractivity (Wildman–Crippen MR) is 70.5 cm³/mol. The van der Waals surface area contributed by atoms with E-state index in [1.807, 2.05) is 0 Å². The molecule has 0 spiro atoms. The Labute approximate surface area is 117 Å². The molecule has 0 bridgehead atoms. The van der Waals surface area contributed by atoms with Gasteiger partial charge in [-0.15, -0.1) is 0 Å². The summed E-state index contributed by atoms with van der Waals surface area (Å²) >= 11 is 3.27. The molecule has 0 aliphatic carbocycles. The van der Waals surface area contributed by atoms with Gasteiger partial charge in [-0.2, -0.15) is 5.26 Å². The van der Waals surface area contributed by atoms with E-state index >= 15 is 0 Å². The Hall–Kier alpha value is -2.20. The van der Waals surface area contributed by atoms with E-state index in [1.165, 1.54) is 24.5 Å². The zero-order valence-corrected chi connectivity index (χ0v) is 11.4. The summed E-state index contributed by atoms with van der Waals surface area (Å²) in [5.74, 6) is 0.185. The molecule has 0 fully saturated rings. The SMILES string of the molecule is CNc1ncnc(Oc2cccc(F)c2C#N)c1Br. The third-order valence-electron chi connectivity index (χ3n) is 2.29. The van der Waals surface area contributed by atoms with Gasteiger partial charge in [0.05, 0.1) is 0 Å². The summed E-state index contributed by atoms with van der Waals surface area (Å²) in [4.78, 5) is 7.91. The third-order valence-corrected chi connectivity index (χ3v) is 3.00. The second-order valence-corrected chi connectivity index (χ2v) is 4.21. The average Bonchev–Trinajstić information content (AvgIpc) is 2.41. The summed E-state index contributed by atoms with van der Waals surface area (Å²) in [5, 5.41) is 11.8. The van der Waals surface area contributed by atoms with Gasteiger partial charge in [0.2, 0.25) is 5.88 Å². The number of ether oxygens (including phenoxy) is 1. The zero-order valence-electron chi connectivity index (χ0n) is 9.82. The molecule has 19 heavy (non-hydrogen) atoms. The predicted octanol–water partition coefficient (Wildman–Crippen LogP) is 3.08. The van der Waals surface area contributed by atoms with E-state index < -0.39 is 5.82 Å². The Morgan fingerprint density at radius 2 is 2.21 bits per heavy atom. The third kappa shape index (κ3) is 2.63. The van der Waals surface area contributed by atoms with Crippen LogP contribution in [0.15, 0.2) is 29.0 Å². The van der Waals surface area contributed by atoms with Crippen molar-refractivity contribution in [2.45, 2.75) is 0 Å². The lowest BCUT2D eigenvalue weighted by Gasteiger charge is -2.10. The van der Waals surface area contributed by atoms with Crippen molar-refractivity contribution in [1.29, 1.82) is 5.26 Å². The first-order valence-corrected chi connectivity index (χ1v) is 6.01. The van der Waals surface area contributed by atoms with Gasteiger partial charge < -0.3 is 10.1 Å². The van der Waals surface area contributed by atoms with Gasteiger partial charge in [0.15, 0.2) is 0 Å². The maximum Gasteiger partial charge on any atom is 0.238 e. The number of nitrogens with one attached hydrogen (secondary N) is 1. The Balaban J connectivity index is 2.43. The van der Waals surface area contributed by atoms with Gasteiger partial charge in [-0.25, -0.2) is 14.4 Å². The van der Waals surface area contributed by atoms with Crippen molar-refractivity contribution in [3.05, 3.63) is 40.4 Å². The standard InChI is InChI=1S/C12H8BrFN4O/c1-16-11-10(13)12(18-6-17-11)19-9-4-2-3-8(14)7(9)5-15/h2-4,6H,1H3,(H,16,17,18). The molecule has 7 heteroatoms. The first kappa shape index (κ1) is 13.2. The maximum atomic E-state index is 13.4. The highest BCUT2D eigenvalue weighted by molar-refractivity contribution is 9.10. The molecule has 1 N–H and O–H groups in total. The van der Waals surface area contributed by atoms with E-state index in [-0.39, 0.29) is 17.2 Å². The molecule has 2 rings (SSSR count). The Morgan fingerprint density at radius 1 is 1.42 bits per heavy atom. The summed E-state index contributed by atoms with van der Waals surface area (Å²) in [6.45, 7) is 0. The zero-order chi connectivity index (χ0) is 13.8. The minimum Gasteiger partial charge on any atom is -0.436 e. The lowest BCUT2D eigenvalue weighted by molar-refractivity contribution is 0.452. The van der Waals surface area contributed by atoms with Gasteiger partial charge in [-0.1, -0.05) is 6.07 Å². The number of rotatable bonds is 3. The molecule has 0 radical (unpaired) electrons. The molecule has 0 unspecified atom stereocenters. The number of hydrogen-bond acceptors (Lipinski definition) is 5. The first-order chi connectivity index (χ1) is 9.17. The summed E-state index contributed by atoms with van der Waals surface area (Å²) in [6, 6.07) is 5.90. The number of anilines is 1. The van der Waals surface area contributed by atoms with Crippen LogP contribution in [0, 0.1) is 17.1 Å². The van der Waals surface area contributed by atoms with E-state index in [9.17, 15) is 4.39 Å². The molecule has 5 nitrogen and oxygen atoms in total. The molecule has 96 valence electrons. The number of aromatic nitrogens is 2. The van der Waals surface area contributed by atoms with E-state index in [0.717, 1.165) is 0 Å². The summed E-state index contributed by atoms with van der Waals surface area (Å²) < 4.78 is 19.4. The number of benzene rings is 1. The molecule has 1 aromatic carbocycles. The largest absolute Gasteiger partial charge is 0.436 e. The number of nitrogens with zero attached hydrogens (tertiary/aromatic N) is 3. The van der Waals surface area contributed by atoms with Gasteiger partial charge in [0.1, 0.15) is 39.8 Å². The number of nitriles is 1. The Kier molecular flexibility index (Phi) is 3.92. The van der Waals surface area contributed by atoms with E-state index in [1.54, 1.807) is 13.1 Å². The lowest BCUT2D eigenvalue weighted by Crippen LogP contribution is -1.99. The molecule has 0 saturated carbocycles. The van der Waals surface area contributed by atoms with Crippen LogP contribution >= 0.6 is 15.9 Å². The molecule has 2 aromatic rings. The van der Waals surface area contributed by atoms with Gasteiger partial charge in [-0.3, -0.25) is 0 Å². The molecule has 1 heterocycles. The molecular weight excluding hydrogens is 315 g/mol. The monoisotopic (exact) mass is 322 g/mol. The van der Waals surface area contributed by atoms with Gasteiger partial charge in [0.25, 0.3) is 0 Å². The Morgan fingerprint density at radius 3 is 2.89 bits per heavy atom.